The first-order valence-electron chi connectivity index (χ1n) is 9.55. The second kappa shape index (κ2) is 9.67. The Labute approximate surface area is 161 Å². The molecule has 0 aliphatic rings. The van der Waals surface area contributed by atoms with Crippen molar-refractivity contribution in [3.05, 3.63) is 72.8 Å². The van der Waals surface area contributed by atoms with Gasteiger partial charge in [0.25, 0.3) is 0 Å². The van der Waals surface area contributed by atoms with Gasteiger partial charge in [-0.15, -0.1) is 0 Å². The molecule has 3 aromatic rings. The number of benzene rings is 3. The number of para-hydroxylation sites is 1. The van der Waals surface area contributed by atoms with Crippen molar-refractivity contribution in [2.75, 3.05) is 6.61 Å². The van der Waals surface area contributed by atoms with Crippen molar-refractivity contribution in [2.24, 2.45) is 0 Å². The average Bonchev–Trinajstić information content (AvgIpc) is 2.70. The maximum atomic E-state index is 9.50. The van der Waals surface area contributed by atoms with Gasteiger partial charge in [0.2, 0.25) is 0 Å². The molecular formula is C24H26O3. The third-order valence-corrected chi connectivity index (χ3v) is 4.38. The van der Waals surface area contributed by atoms with E-state index < -0.39 is 0 Å². The Kier molecular flexibility index (Phi) is 6.75. The van der Waals surface area contributed by atoms with Crippen LogP contribution in [-0.4, -0.2) is 11.7 Å². The lowest BCUT2D eigenvalue weighted by Gasteiger charge is -2.12. The Morgan fingerprint density at radius 3 is 2.19 bits per heavy atom. The summed E-state index contributed by atoms with van der Waals surface area (Å²) in [6.07, 6.45) is 4.80. The molecule has 0 saturated carbocycles. The highest BCUT2D eigenvalue weighted by Gasteiger charge is 2.07. The smallest absolute Gasteiger partial charge is 0.135 e. The van der Waals surface area contributed by atoms with Crippen molar-refractivity contribution < 1.29 is 14.6 Å². The number of phenolic OH excluding ortho intramolecular Hbond substituents is 1. The third kappa shape index (κ3) is 5.52. The van der Waals surface area contributed by atoms with E-state index in [1.54, 1.807) is 12.1 Å². The van der Waals surface area contributed by atoms with Crippen LogP contribution in [0.15, 0.2) is 72.8 Å². The van der Waals surface area contributed by atoms with Crippen LogP contribution in [0.25, 0.3) is 11.1 Å². The Balaban J connectivity index is 1.65. The Hall–Kier alpha value is -2.94. The van der Waals surface area contributed by atoms with Crippen molar-refractivity contribution in [1.82, 2.24) is 0 Å². The molecule has 0 unspecified atom stereocenters. The first-order valence-corrected chi connectivity index (χ1v) is 9.55. The van der Waals surface area contributed by atoms with Crippen LogP contribution in [0.3, 0.4) is 0 Å². The second-order valence-corrected chi connectivity index (χ2v) is 6.53. The van der Waals surface area contributed by atoms with Crippen molar-refractivity contribution in [3.8, 4) is 34.1 Å². The summed E-state index contributed by atoms with van der Waals surface area (Å²) in [6, 6.07) is 22.7. The summed E-state index contributed by atoms with van der Waals surface area (Å²) in [7, 11) is 0. The fourth-order valence-corrected chi connectivity index (χ4v) is 2.88. The molecule has 0 heterocycles. The van der Waals surface area contributed by atoms with E-state index in [-0.39, 0.29) is 5.75 Å². The largest absolute Gasteiger partial charge is 0.508 e. The second-order valence-electron chi connectivity index (χ2n) is 6.53. The molecule has 0 spiro atoms. The van der Waals surface area contributed by atoms with Crippen molar-refractivity contribution in [2.45, 2.75) is 32.6 Å². The molecular weight excluding hydrogens is 336 g/mol. The van der Waals surface area contributed by atoms with E-state index in [1.807, 2.05) is 60.7 Å². The van der Waals surface area contributed by atoms with Gasteiger partial charge < -0.3 is 14.6 Å². The molecule has 0 fully saturated rings. The van der Waals surface area contributed by atoms with Gasteiger partial charge >= 0.3 is 0 Å². The molecule has 0 aliphatic carbocycles. The van der Waals surface area contributed by atoms with E-state index in [1.165, 1.54) is 19.3 Å². The number of phenols is 1. The van der Waals surface area contributed by atoms with Crippen molar-refractivity contribution in [1.29, 1.82) is 0 Å². The minimum atomic E-state index is 0.252. The van der Waals surface area contributed by atoms with Crippen LogP contribution in [0, 0.1) is 0 Å². The van der Waals surface area contributed by atoms with Crippen LogP contribution in [0.5, 0.6) is 23.0 Å². The van der Waals surface area contributed by atoms with E-state index in [0.717, 1.165) is 41.4 Å². The Bertz CT molecular complexity index is 823. The fourth-order valence-electron chi connectivity index (χ4n) is 2.88. The number of rotatable bonds is 9. The first kappa shape index (κ1) is 18.8. The van der Waals surface area contributed by atoms with E-state index in [4.69, 9.17) is 9.47 Å². The minimum absolute atomic E-state index is 0.252. The number of hydrogen-bond donors (Lipinski definition) is 1. The molecule has 3 aromatic carbocycles. The molecule has 0 atom stereocenters. The van der Waals surface area contributed by atoms with Gasteiger partial charge in [-0.05, 0) is 54.4 Å². The summed E-state index contributed by atoms with van der Waals surface area (Å²) >= 11 is 0. The molecule has 3 rings (SSSR count). The summed E-state index contributed by atoms with van der Waals surface area (Å²) in [5, 5.41) is 9.50. The van der Waals surface area contributed by atoms with Gasteiger partial charge in [0, 0.05) is 5.56 Å². The van der Waals surface area contributed by atoms with Gasteiger partial charge in [-0.1, -0.05) is 56.5 Å². The predicted molar refractivity (Wildman–Crippen MR) is 110 cm³/mol. The van der Waals surface area contributed by atoms with E-state index in [2.05, 4.69) is 6.92 Å². The topological polar surface area (TPSA) is 38.7 Å². The Morgan fingerprint density at radius 2 is 1.44 bits per heavy atom. The lowest BCUT2D eigenvalue weighted by molar-refractivity contribution is 0.304. The number of unbranched alkanes of at least 4 members (excludes halogenated alkanes) is 3. The van der Waals surface area contributed by atoms with Gasteiger partial charge in [-0.25, -0.2) is 0 Å². The zero-order valence-corrected chi connectivity index (χ0v) is 15.7. The molecule has 0 amide bonds. The normalized spacial score (nSPS) is 10.6. The van der Waals surface area contributed by atoms with Crippen LogP contribution in [0.2, 0.25) is 0 Å². The zero-order valence-electron chi connectivity index (χ0n) is 15.7. The quantitative estimate of drug-likeness (QED) is 0.425. The number of aromatic hydroxyl groups is 1. The van der Waals surface area contributed by atoms with E-state index >= 15 is 0 Å². The minimum Gasteiger partial charge on any atom is -0.508 e. The fraction of sp³-hybridized carbons (Fsp3) is 0.250. The zero-order chi connectivity index (χ0) is 18.9. The van der Waals surface area contributed by atoms with Crippen LogP contribution >= 0.6 is 0 Å². The highest BCUT2D eigenvalue weighted by molar-refractivity contribution is 5.71. The first-order chi connectivity index (χ1) is 13.3. The van der Waals surface area contributed by atoms with Crippen LogP contribution in [0.1, 0.15) is 32.6 Å². The summed E-state index contributed by atoms with van der Waals surface area (Å²) in [6.45, 7) is 2.96. The molecule has 27 heavy (non-hydrogen) atoms. The van der Waals surface area contributed by atoms with Crippen LogP contribution in [0.4, 0.5) is 0 Å². The molecule has 1 N–H and O–H groups in total. The van der Waals surface area contributed by atoms with E-state index in [0.29, 0.717) is 0 Å². The monoisotopic (exact) mass is 362 g/mol. The maximum absolute atomic E-state index is 9.50. The maximum Gasteiger partial charge on any atom is 0.135 e. The van der Waals surface area contributed by atoms with E-state index in [9.17, 15) is 5.11 Å². The molecule has 3 heteroatoms. The van der Waals surface area contributed by atoms with Crippen molar-refractivity contribution >= 4 is 0 Å². The molecule has 0 aliphatic heterocycles. The predicted octanol–water partition coefficient (Wildman–Crippen LogP) is 6.81. The average molecular weight is 362 g/mol. The summed E-state index contributed by atoms with van der Waals surface area (Å²) in [4.78, 5) is 0. The summed E-state index contributed by atoms with van der Waals surface area (Å²) < 4.78 is 11.9. The van der Waals surface area contributed by atoms with Crippen molar-refractivity contribution in [3.63, 3.8) is 0 Å². The van der Waals surface area contributed by atoms with Gasteiger partial charge in [-0.3, -0.25) is 0 Å². The van der Waals surface area contributed by atoms with Gasteiger partial charge in [0.05, 0.1) is 6.61 Å². The highest BCUT2D eigenvalue weighted by atomic mass is 16.5. The highest BCUT2D eigenvalue weighted by Crippen LogP contribution is 2.34. The third-order valence-electron chi connectivity index (χ3n) is 4.38. The molecule has 0 saturated heterocycles. The van der Waals surface area contributed by atoms with Gasteiger partial charge in [0.1, 0.15) is 23.0 Å². The lowest BCUT2D eigenvalue weighted by Crippen LogP contribution is -1.97. The SMILES string of the molecule is CCCCCCOc1ccc(Oc2ccccc2-c2ccc(O)cc2)cc1. The summed E-state index contributed by atoms with van der Waals surface area (Å²) in [5.41, 5.74) is 1.98. The standard InChI is InChI=1S/C24H26O3/c1-2-3-4-7-18-26-21-14-16-22(17-15-21)27-24-9-6-5-8-23(24)19-10-12-20(25)13-11-19/h5-6,8-17,25H,2-4,7,18H2,1H3. The number of hydrogen-bond acceptors (Lipinski definition) is 3. The number of ether oxygens (including phenoxy) is 2. The van der Waals surface area contributed by atoms with Gasteiger partial charge in [-0.2, -0.15) is 0 Å². The summed E-state index contributed by atoms with van der Waals surface area (Å²) in [5.74, 6) is 2.66. The molecule has 3 nitrogen and oxygen atoms in total. The molecule has 0 bridgehead atoms. The molecule has 140 valence electrons. The van der Waals surface area contributed by atoms with Gasteiger partial charge in [0.15, 0.2) is 0 Å². The van der Waals surface area contributed by atoms with Crippen LogP contribution < -0.4 is 9.47 Å². The molecule has 0 radical (unpaired) electrons. The molecule has 0 aromatic heterocycles. The Morgan fingerprint density at radius 1 is 0.741 bits per heavy atom. The van der Waals surface area contributed by atoms with Crippen LogP contribution in [-0.2, 0) is 0 Å². The lowest BCUT2D eigenvalue weighted by atomic mass is 10.0.